The molecule has 0 aliphatic carbocycles. The van der Waals surface area contributed by atoms with Gasteiger partial charge in [-0.25, -0.2) is 0 Å². The first kappa shape index (κ1) is 13.6. The summed E-state index contributed by atoms with van der Waals surface area (Å²) in [6, 6.07) is -0.374. The van der Waals surface area contributed by atoms with Crippen LogP contribution in [-0.4, -0.2) is 42.6 Å². The van der Waals surface area contributed by atoms with Crippen molar-refractivity contribution in [2.45, 2.75) is 32.7 Å². The Morgan fingerprint density at radius 3 is 2.47 bits per heavy atom. The summed E-state index contributed by atoms with van der Waals surface area (Å²) in [4.78, 5) is 33.9. The highest BCUT2D eigenvalue weighted by molar-refractivity contribution is 5.82. The molecule has 1 N–H and O–H groups in total. The molecule has 86 valence electrons. The van der Waals surface area contributed by atoms with Crippen LogP contribution in [0, 0.1) is 0 Å². The molecule has 0 aromatic carbocycles. The van der Waals surface area contributed by atoms with Gasteiger partial charge in [0, 0.05) is 6.54 Å². The zero-order valence-electron chi connectivity index (χ0n) is 9.23. The van der Waals surface area contributed by atoms with Crippen LogP contribution in [0.1, 0.15) is 26.7 Å². The molecule has 0 aliphatic rings. The van der Waals surface area contributed by atoms with E-state index in [9.17, 15) is 14.4 Å². The van der Waals surface area contributed by atoms with Gasteiger partial charge in [-0.05, 0) is 13.3 Å². The summed E-state index contributed by atoms with van der Waals surface area (Å²) in [6.45, 7) is 4.19. The highest BCUT2D eigenvalue weighted by Crippen LogP contribution is 2.04. The van der Waals surface area contributed by atoms with Gasteiger partial charge in [-0.15, -0.1) is 0 Å². The van der Waals surface area contributed by atoms with Crippen LogP contribution in [0.4, 0.5) is 0 Å². The van der Waals surface area contributed by atoms with Crippen molar-refractivity contribution < 1.29 is 14.4 Å². The minimum absolute atomic E-state index is 0.0502. The smallest absolute Gasteiger partial charge is 0.242 e. The third-order valence-electron chi connectivity index (χ3n) is 2.14. The summed E-state index contributed by atoms with van der Waals surface area (Å²) in [5, 5.41) is 2.30. The molecule has 0 saturated heterocycles. The maximum absolute atomic E-state index is 11.6. The van der Waals surface area contributed by atoms with Crippen molar-refractivity contribution in [1.82, 2.24) is 10.2 Å². The first-order chi connectivity index (χ1) is 7.21. The molecule has 1 unspecified atom stereocenters. The highest BCUT2D eigenvalue weighted by Gasteiger charge is 2.20. The monoisotopic (exact) mass is 214 g/mol. The Hall–Kier alpha value is -1.39. The van der Waals surface area contributed by atoms with Crippen molar-refractivity contribution in [3.63, 3.8) is 0 Å². The predicted octanol–water partition coefficient (Wildman–Crippen LogP) is -0.0515. The minimum Gasteiger partial charge on any atom is -0.350 e. The van der Waals surface area contributed by atoms with Gasteiger partial charge in [0.05, 0.1) is 12.6 Å². The zero-order chi connectivity index (χ0) is 11.7. The molecule has 0 bridgehead atoms. The van der Waals surface area contributed by atoms with Crippen molar-refractivity contribution >= 4 is 18.6 Å². The summed E-state index contributed by atoms with van der Waals surface area (Å²) in [5.74, 6) is -0.227. The number of aldehydes is 1. The molecule has 15 heavy (non-hydrogen) atoms. The second-order valence-electron chi connectivity index (χ2n) is 3.17. The SMILES string of the molecule is CCCC(C=O)N(CC)C(=O)CNC=O. The number of amides is 2. The number of carbonyl (C=O) groups excluding carboxylic acids is 3. The molecule has 5 heteroatoms. The van der Waals surface area contributed by atoms with Gasteiger partial charge >= 0.3 is 0 Å². The molecule has 1 atom stereocenters. The van der Waals surface area contributed by atoms with E-state index in [1.165, 1.54) is 4.90 Å². The van der Waals surface area contributed by atoms with Crippen LogP contribution >= 0.6 is 0 Å². The Labute approximate surface area is 89.8 Å². The summed E-state index contributed by atoms with van der Waals surface area (Å²) < 4.78 is 0. The molecule has 2 amide bonds. The topological polar surface area (TPSA) is 66.5 Å². The van der Waals surface area contributed by atoms with E-state index >= 15 is 0 Å². The average Bonchev–Trinajstić information content (AvgIpc) is 2.26. The number of nitrogens with one attached hydrogen (secondary N) is 1. The normalized spacial score (nSPS) is 11.6. The third-order valence-corrected chi connectivity index (χ3v) is 2.14. The molecule has 0 heterocycles. The Balaban J connectivity index is 4.35. The van der Waals surface area contributed by atoms with Crippen LogP contribution in [-0.2, 0) is 14.4 Å². The quantitative estimate of drug-likeness (QED) is 0.576. The van der Waals surface area contributed by atoms with E-state index < -0.39 is 0 Å². The lowest BCUT2D eigenvalue weighted by Crippen LogP contribution is -2.45. The molecule has 5 nitrogen and oxygen atoms in total. The van der Waals surface area contributed by atoms with Crippen LogP contribution in [0.3, 0.4) is 0 Å². The number of hydrogen-bond acceptors (Lipinski definition) is 3. The van der Waals surface area contributed by atoms with Gasteiger partial charge in [-0.2, -0.15) is 0 Å². The maximum Gasteiger partial charge on any atom is 0.242 e. The zero-order valence-corrected chi connectivity index (χ0v) is 9.23. The molecule has 0 saturated carbocycles. The van der Waals surface area contributed by atoms with Crippen molar-refractivity contribution in [3.05, 3.63) is 0 Å². The van der Waals surface area contributed by atoms with Gasteiger partial charge < -0.3 is 15.0 Å². The summed E-state index contributed by atoms with van der Waals surface area (Å²) in [7, 11) is 0. The molecule has 0 radical (unpaired) electrons. The van der Waals surface area contributed by atoms with E-state index in [1.807, 2.05) is 13.8 Å². The fourth-order valence-electron chi connectivity index (χ4n) is 1.42. The van der Waals surface area contributed by atoms with Crippen LogP contribution in [0.2, 0.25) is 0 Å². The number of likely N-dealkylation sites (N-methyl/N-ethyl adjacent to an activating group) is 1. The van der Waals surface area contributed by atoms with Gasteiger partial charge in [0.2, 0.25) is 12.3 Å². The van der Waals surface area contributed by atoms with E-state index in [0.717, 1.165) is 12.7 Å². The van der Waals surface area contributed by atoms with Crippen LogP contribution in [0.15, 0.2) is 0 Å². The third kappa shape index (κ3) is 4.58. The van der Waals surface area contributed by atoms with Crippen molar-refractivity contribution in [2.24, 2.45) is 0 Å². The van der Waals surface area contributed by atoms with Gasteiger partial charge in [0.15, 0.2) is 0 Å². The Kier molecular flexibility index (Phi) is 7.23. The van der Waals surface area contributed by atoms with Crippen LogP contribution in [0.25, 0.3) is 0 Å². The van der Waals surface area contributed by atoms with Crippen molar-refractivity contribution in [3.8, 4) is 0 Å². The molecule has 0 aromatic rings. The van der Waals surface area contributed by atoms with Gasteiger partial charge in [0.25, 0.3) is 0 Å². The molecule has 0 aromatic heterocycles. The average molecular weight is 214 g/mol. The lowest BCUT2D eigenvalue weighted by atomic mass is 10.1. The number of hydrogen-bond donors (Lipinski definition) is 1. The molecular weight excluding hydrogens is 196 g/mol. The second-order valence-corrected chi connectivity index (χ2v) is 3.17. The lowest BCUT2D eigenvalue weighted by Gasteiger charge is -2.26. The molecule has 0 fully saturated rings. The predicted molar refractivity (Wildman–Crippen MR) is 56.2 cm³/mol. The van der Waals surface area contributed by atoms with E-state index in [1.54, 1.807) is 0 Å². The van der Waals surface area contributed by atoms with Crippen LogP contribution in [0.5, 0.6) is 0 Å². The van der Waals surface area contributed by atoms with Gasteiger partial charge in [-0.1, -0.05) is 13.3 Å². The molecule has 0 rings (SSSR count). The highest BCUT2D eigenvalue weighted by atomic mass is 16.2. The number of rotatable bonds is 8. The molecule has 0 aliphatic heterocycles. The first-order valence-corrected chi connectivity index (χ1v) is 5.13. The lowest BCUT2D eigenvalue weighted by molar-refractivity contribution is -0.136. The van der Waals surface area contributed by atoms with Gasteiger partial charge in [0.1, 0.15) is 6.29 Å². The first-order valence-electron chi connectivity index (χ1n) is 5.13. The second kappa shape index (κ2) is 7.96. The molecular formula is C10H18N2O3. The van der Waals surface area contributed by atoms with E-state index in [0.29, 0.717) is 19.4 Å². The Bertz CT molecular complexity index is 219. The standard InChI is InChI=1S/C10H18N2O3/c1-3-5-9(7-13)12(4-2)10(15)6-11-8-14/h7-9H,3-6H2,1-2H3,(H,11,14). The summed E-state index contributed by atoms with van der Waals surface area (Å²) >= 11 is 0. The van der Waals surface area contributed by atoms with Crippen molar-refractivity contribution in [2.75, 3.05) is 13.1 Å². The van der Waals surface area contributed by atoms with E-state index in [2.05, 4.69) is 5.32 Å². The summed E-state index contributed by atoms with van der Waals surface area (Å²) in [5.41, 5.74) is 0. The fourth-order valence-corrected chi connectivity index (χ4v) is 1.42. The maximum atomic E-state index is 11.6. The Morgan fingerprint density at radius 1 is 1.40 bits per heavy atom. The number of nitrogens with zero attached hydrogens (tertiary/aromatic N) is 1. The molecule has 0 spiro atoms. The van der Waals surface area contributed by atoms with Crippen molar-refractivity contribution in [1.29, 1.82) is 0 Å². The van der Waals surface area contributed by atoms with Crippen LogP contribution < -0.4 is 5.32 Å². The Morgan fingerprint density at radius 2 is 2.07 bits per heavy atom. The minimum atomic E-state index is -0.374. The van der Waals surface area contributed by atoms with E-state index in [4.69, 9.17) is 0 Å². The summed E-state index contributed by atoms with van der Waals surface area (Å²) in [6.07, 6.45) is 2.76. The fraction of sp³-hybridized carbons (Fsp3) is 0.700. The van der Waals surface area contributed by atoms with E-state index in [-0.39, 0.29) is 18.5 Å². The largest absolute Gasteiger partial charge is 0.350 e. The number of carbonyl (C=O) groups is 3. The van der Waals surface area contributed by atoms with Gasteiger partial charge in [-0.3, -0.25) is 9.59 Å².